The summed E-state index contributed by atoms with van der Waals surface area (Å²) in [6, 6.07) is 12.1. The van der Waals surface area contributed by atoms with E-state index in [2.05, 4.69) is 49.6 Å². The number of rotatable bonds is 2. The number of hydrogen-bond donors (Lipinski definition) is 2. The maximum Gasteiger partial charge on any atom is 0.231 e. The Morgan fingerprint density at radius 2 is 1.88 bits per heavy atom. The number of ether oxygens (including phenoxy) is 3. The highest BCUT2D eigenvalue weighted by atomic mass is 32.1. The van der Waals surface area contributed by atoms with Gasteiger partial charge in [-0.05, 0) is 56.8 Å². The molecule has 0 aromatic heterocycles. The third-order valence-electron chi connectivity index (χ3n) is 4.56. The third-order valence-corrected chi connectivity index (χ3v) is 4.78. The molecule has 2 aromatic rings. The smallest absolute Gasteiger partial charge is 0.231 e. The molecule has 1 atom stereocenters. The van der Waals surface area contributed by atoms with E-state index in [1.165, 1.54) is 5.56 Å². The number of anilines is 1. The maximum absolute atomic E-state index is 6.15. The second kappa shape index (κ2) is 6.36. The van der Waals surface area contributed by atoms with Gasteiger partial charge in [0.05, 0.1) is 6.04 Å². The molecule has 0 fully saturated rings. The molecule has 2 heterocycles. The molecule has 0 bridgehead atoms. The first kappa shape index (κ1) is 17.0. The summed E-state index contributed by atoms with van der Waals surface area (Å²) in [5.41, 5.74) is 2.92. The minimum absolute atomic E-state index is 0.0864. The van der Waals surface area contributed by atoms with Gasteiger partial charge in [0.25, 0.3) is 0 Å². The molecule has 0 saturated carbocycles. The highest BCUT2D eigenvalue weighted by molar-refractivity contribution is 7.80. The minimum atomic E-state index is -0.257. The van der Waals surface area contributed by atoms with Crippen molar-refractivity contribution in [3.8, 4) is 17.2 Å². The third kappa shape index (κ3) is 3.42. The van der Waals surface area contributed by atoms with Crippen molar-refractivity contribution in [2.24, 2.45) is 0 Å². The first-order valence-electron chi connectivity index (χ1n) is 8.66. The summed E-state index contributed by atoms with van der Waals surface area (Å²) in [6.45, 7) is 6.52. The van der Waals surface area contributed by atoms with Gasteiger partial charge in [-0.25, -0.2) is 0 Å². The Labute approximate surface area is 158 Å². The summed E-state index contributed by atoms with van der Waals surface area (Å²) < 4.78 is 16.9. The van der Waals surface area contributed by atoms with Crippen LogP contribution >= 0.6 is 12.2 Å². The molecule has 0 saturated heterocycles. The van der Waals surface area contributed by atoms with E-state index in [-0.39, 0.29) is 18.4 Å². The second-order valence-corrected chi connectivity index (χ2v) is 7.73. The molecule has 5 nitrogen and oxygen atoms in total. The SMILES string of the molecule is Cc1ccc2c(c1)OC(C)(C)C[C@@H]2NC(=S)Nc1ccc2c(c1)OCO2. The first-order chi connectivity index (χ1) is 12.4. The van der Waals surface area contributed by atoms with Crippen LogP contribution in [0.3, 0.4) is 0 Å². The largest absolute Gasteiger partial charge is 0.487 e. The Hall–Kier alpha value is -2.47. The lowest BCUT2D eigenvalue weighted by molar-refractivity contribution is 0.0696. The number of nitrogens with one attached hydrogen (secondary N) is 2. The van der Waals surface area contributed by atoms with E-state index >= 15 is 0 Å². The van der Waals surface area contributed by atoms with Crippen LogP contribution in [0.15, 0.2) is 36.4 Å². The lowest BCUT2D eigenvalue weighted by atomic mass is 9.89. The van der Waals surface area contributed by atoms with Crippen molar-refractivity contribution in [2.45, 2.75) is 38.8 Å². The number of benzene rings is 2. The molecule has 136 valence electrons. The Morgan fingerprint density at radius 3 is 2.73 bits per heavy atom. The van der Waals surface area contributed by atoms with Crippen molar-refractivity contribution < 1.29 is 14.2 Å². The van der Waals surface area contributed by atoms with Crippen LogP contribution < -0.4 is 24.8 Å². The Morgan fingerprint density at radius 1 is 1.08 bits per heavy atom. The standard InChI is InChI=1S/C20H22N2O3S/c1-12-4-6-14-15(10-20(2,3)25-17(14)8-12)22-19(26)21-13-5-7-16-18(9-13)24-11-23-16/h4-9,15H,10-11H2,1-3H3,(H2,21,22,26)/t15-/m0/s1. The zero-order valence-corrected chi connectivity index (χ0v) is 15.9. The summed E-state index contributed by atoms with van der Waals surface area (Å²) in [5.74, 6) is 2.40. The molecule has 2 N–H and O–H groups in total. The Bertz CT molecular complexity index is 866. The molecule has 26 heavy (non-hydrogen) atoms. The normalized spacial score (nSPS) is 19.3. The van der Waals surface area contributed by atoms with Crippen molar-refractivity contribution in [2.75, 3.05) is 12.1 Å². The van der Waals surface area contributed by atoms with Crippen molar-refractivity contribution in [3.05, 3.63) is 47.5 Å². The van der Waals surface area contributed by atoms with Gasteiger partial charge in [0.1, 0.15) is 11.4 Å². The fraction of sp³-hybridized carbons (Fsp3) is 0.350. The maximum atomic E-state index is 6.15. The van der Waals surface area contributed by atoms with Gasteiger partial charge >= 0.3 is 0 Å². The van der Waals surface area contributed by atoms with Crippen LogP contribution in [0.25, 0.3) is 0 Å². The summed E-state index contributed by atoms with van der Waals surface area (Å²) in [7, 11) is 0. The minimum Gasteiger partial charge on any atom is -0.487 e. The van der Waals surface area contributed by atoms with Crippen LogP contribution in [0.2, 0.25) is 0 Å². The van der Waals surface area contributed by atoms with Gasteiger partial charge in [0.15, 0.2) is 16.6 Å². The number of hydrogen-bond acceptors (Lipinski definition) is 4. The van der Waals surface area contributed by atoms with Gasteiger partial charge in [-0.1, -0.05) is 12.1 Å². The molecule has 0 spiro atoms. The lowest BCUT2D eigenvalue weighted by Crippen LogP contribution is -2.42. The van der Waals surface area contributed by atoms with Crippen LogP contribution in [-0.4, -0.2) is 17.5 Å². The summed E-state index contributed by atoms with van der Waals surface area (Å²) in [4.78, 5) is 0. The molecule has 2 aliphatic rings. The molecule has 2 aromatic carbocycles. The topological polar surface area (TPSA) is 51.8 Å². The monoisotopic (exact) mass is 370 g/mol. The van der Waals surface area contributed by atoms with E-state index in [0.29, 0.717) is 5.11 Å². The molecule has 6 heteroatoms. The van der Waals surface area contributed by atoms with E-state index in [4.69, 9.17) is 26.4 Å². The average molecular weight is 370 g/mol. The van der Waals surface area contributed by atoms with E-state index in [9.17, 15) is 0 Å². The van der Waals surface area contributed by atoms with E-state index in [1.54, 1.807) is 0 Å². The van der Waals surface area contributed by atoms with Crippen LogP contribution in [0.1, 0.15) is 37.4 Å². The quantitative estimate of drug-likeness (QED) is 0.768. The molecule has 4 rings (SSSR count). The van der Waals surface area contributed by atoms with Crippen LogP contribution in [0, 0.1) is 6.92 Å². The Kier molecular flexibility index (Phi) is 4.15. The number of thiocarbonyl (C=S) groups is 1. The first-order valence-corrected chi connectivity index (χ1v) is 9.07. The molecule has 2 aliphatic heterocycles. The van der Waals surface area contributed by atoms with Gasteiger partial charge in [0.2, 0.25) is 6.79 Å². The second-order valence-electron chi connectivity index (χ2n) is 7.33. The van der Waals surface area contributed by atoms with Crippen molar-refractivity contribution in [1.82, 2.24) is 5.32 Å². The highest BCUT2D eigenvalue weighted by Gasteiger charge is 2.34. The predicted molar refractivity (Wildman–Crippen MR) is 105 cm³/mol. The molecular formula is C20H22N2O3S. The van der Waals surface area contributed by atoms with Crippen LogP contribution in [0.5, 0.6) is 17.2 Å². The molecule has 0 amide bonds. The lowest BCUT2D eigenvalue weighted by Gasteiger charge is -2.38. The molecule has 0 radical (unpaired) electrons. The summed E-state index contributed by atoms with van der Waals surface area (Å²) >= 11 is 5.54. The zero-order chi connectivity index (χ0) is 18.3. The van der Waals surface area contributed by atoms with Gasteiger partial charge in [0, 0.05) is 23.7 Å². The molecule has 0 unspecified atom stereocenters. The van der Waals surface area contributed by atoms with E-state index in [0.717, 1.165) is 34.9 Å². The van der Waals surface area contributed by atoms with Crippen molar-refractivity contribution in [3.63, 3.8) is 0 Å². The molecule has 0 aliphatic carbocycles. The van der Waals surface area contributed by atoms with E-state index in [1.807, 2.05) is 18.2 Å². The van der Waals surface area contributed by atoms with E-state index < -0.39 is 0 Å². The number of aryl methyl sites for hydroxylation is 1. The van der Waals surface area contributed by atoms with Gasteiger partial charge < -0.3 is 24.8 Å². The van der Waals surface area contributed by atoms with Crippen LogP contribution in [-0.2, 0) is 0 Å². The van der Waals surface area contributed by atoms with Gasteiger partial charge in [-0.15, -0.1) is 0 Å². The van der Waals surface area contributed by atoms with Gasteiger partial charge in [-0.3, -0.25) is 0 Å². The zero-order valence-electron chi connectivity index (χ0n) is 15.1. The highest BCUT2D eigenvalue weighted by Crippen LogP contribution is 2.40. The Balaban J connectivity index is 1.50. The van der Waals surface area contributed by atoms with Crippen molar-refractivity contribution in [1.29, 1.82) is 0 Å². The summed E-state index contributed by atoms with van der Waals surface area (Å²) in [6.07, 6.45) is 0.825. The van der Waals surface area contributed by atoms with Crippen LogP contribution in [0.4, 0.5) is 5.69 Å². The summed E-state index contributed by atoms with van der Waals surface area (Å²) in [5, 5.41) is 7.23. The van der Waals surface area contributed by atoms with Crippen molar-refractivity contribution >= 4 is 23.0 Å². The molecular weight excluding hydrogens is 348 g/mol. The fourth-order valence-corrected chi connectivity index (χ4v) is 3.65. The fourth-order valence-electron chi connectivity index (χ4n) is 3.39. The van der Waals surface area contributed by atoms with Gasteiger partial charge in [-0.2, -0.15) is 0 Å². The number of fused-ring (bicyclic) bond motifs is 2. The average Bonchev–Trinajstić information content (AvgIpc) is 3.00. The predicted octanol–water partition coefficient (Wildman–Crippen LogP) is 4.31.